The molecular weight excluding hydrogens is 278 g/mol. The van der Waals surface area contributed by atoms with E-state index in [2.05, 4.69) is 15.5 Å². The van der Waals surface area contributed by atoms with Crippen LogP contribution >= 0.6 is 11.6 Å². The molecule has 20 heavy (non-hydrogen) atoms. The number of aliphatic hydroxyl groups excluding tert-OH is 1. The van der Waals surface area contributed by atoms with Crippen LogP contribution in [-0.4, -0.2) is 48.3 Å². The van der Waals surface area contributed by atoms with Gasteiger partial charge in [-0.05, 0) is 38.1 Å². The number of carbonyl (C=O) groups excluding carboxylic acids is 1. The zero-order valence-electron chi connectivity index (χ0n) is 11.3. The Morgan fingerprint density at radius 3 is 2.75 bits per heavy atom. The molecule has 110 valence electrons. The molecule has 1 aliphatic heterocycles. The smallest absolute Gasteiger partial charge is 0.319 e. The number of anilines is 1. The van der Waals surface area contributed by atoms with E-state index in [9.17, 15) is 9.90 Å². The number of nitrogens with zero attached hydrogens (tertiary/aromatic N) is 1. The summed E-state index contributed by atoms with van der Waals surface area (Å²) < 4.78 is 0. The van der Waals surface area contributed by atoms with Crippen LogP contribution in [0.4, 0.5) is 10.5 Å². The lowest BCUT2D eigenvalue weighted by molar-refractivity contribution is 0.125. The first-order valence-electron chi connectivity index (χ1n) is 6.85. The van der Waals surface area contributed by atoms with E-state index in [4.69, 9.17) is 11.6 Å². The van der Waals surface area contributed by atoms with Gasteiger partial charge in [0.15, 0.2) is 0 Å². The molecule has 0 aromatic heterocycles. The molecule has 0 aliphatic carbocycles. The summed E-state index contributed by atoms with van der Waals surface area (Å²) in [4.78, 5) is 13.9. The molecule has 2 rings (SSSR count). The first kappa shape index (κ1) is 15.1. The van der Waals surface area contributed by atoms with Crippen LogP contribution < -0.4 is 10.6 Å². The van der Waals surface area contributed by atoms with Gasteiger partial charge in [-0.1, -0.05) is 23.7 Å². The molecule has 0 spiro atoms. The highest BCUT2D eigenvalue weighted by Gasteiger charge is 2.16. The van der Waals surface area contributed by atoms with Gasteiger partial charge in [0, 0.05) is 13.1 Å². The summed E-state index contributed by atoms with van der Waals surface area (Å²) in [5, 5.41) is 15.7. The number of β-amino-alcohol motifs (C(OH)–C–C–N with tert-alkyl or cyclic N) is 1. The van der Waals surface area contributed by atoms with Crippen LogP contribution in [0.25, 0.3) is 0 Å². The van der Waals surface area contributed by atoms with Crippen molar-refractivity contribution < 1.29 is 9.90 Å². The summed E-state index contributed by atoms with van der Waals surface area (Å²) >= 11 is 5.95. The van der Waals surface area contributed by atoms with Crippen molar-refractivity contribution in [2.75, 3.05) is 31.5 Å². The van der Waals surface area contributed by atoms with E-state index in [1.165, 1.54) is 12.8 Å². The first-order chi connectivity index (χ1) is 9.65. The Balaban J connectivity index is 1.70. The Kier molecular flexibility index (Phi) is 5.64. The molecule has 1 atom stereocenters. The number of halogens is 1. The van der Waals surface area contributed by atoms with E-state index in [-0.39, 0.29) is 12.6 Å². The van der Waals surface area contributed by atoms with Gasteiger partial charge in [-0.2, -0.15) is 0 Å². The van der Waals surface area contributed by atoms with Crippen LogP contribution in [0.5, 0.6) is 0 Å². The van der Waals surface area contributed by atoms with Crippen LogP contribution in [0, 0.1) is 0 Å². The van der Waals surface area contributed by atoms with Gasteiger partial charge in [-0.25, -0.2) is 4.79 Å². The predicted octanol–water partition coefficient (Wildman–Crippen LogP) is 1.92. The topological polar surface area (TPSA) is 64.6 Å². The van der Waals surface area contributed by atoms with Gasteiger partial charge in [0.25, 0.3) is 0 Å². The van der Waals surface area contributed by atoms with Crippen LogP contribution in [0.3, 0.4) is 0 Å². The molecule has 1 saturated heterocycles. The van der Waals surface area contributed by atoms with E-state index >= 15 is 0 Å². The minimum Gasteiger partial charge on any atom is -0.390 e. The van der Waals surface area contributed by atoms with Crippen molar-refractivity contribution in [3.05, 3.63) is 29.3 Å². The Morgan fingerprint density at radius 2 is 2.05 bits per heavy atom. The standard InChI is InChI=1S/C14H20ClN3O2/c15-12-5-1-2-6-13(12)17-14(20)16-9-11(19)10-18-7-3-4-8-18/h1-2,5-6,11,19H,3-4,7-10H2,(H2,16,17,20). The number of para-hydroxylation sites is 1. The fraction of sp³-hybridized carbons (Fsp3) is 0.500. The van der Waals surface area contributed by atoms with Crippen molar-refractivity contribution >= 4 is 23.3 Å². The highest BCUT2D eigenvalue weighted by atomic mass is 35.5. The zero-order chi connectivity index (χ0) is 14.4. The number of urea groups is 1. The Labute approximate surface area is 123 Å². The van der Waals surface area contributed by atoms with E-state index in [0.717, 1.165) is 13.1 Å². The van der Waals surface area contributed by atoms with E-state index < -0.39 is 6.10 Å². The lowest BCUT2D eigenvalue weighted by Gasteiger charge is -2.19. The van der Waals surface area contributed by atoms with Gasteiger partial charge in [-0.3, -0.25) is 0 Å². The van der Waals surface area contributed by atoms with Crippen molar-refractivity contribution in [1.29, 1.82) is 0 Å². The summed E-state index contributed by atoms with van der Waals surface area (Å²) in [7, 11) is 0. The Bertz CT molecular complexity index is 450. The second-order valence-electron chi connectivity index (χ2n) is 4.98. The second-order valence-corrected chi connectivity index (χ2v) is 5.38. The van der Waals surface area contributed by atoms with Crippen LogP contribution in [-0.2, 0) is 0 Å². The average molecular weight is 298 g/mol. The summed E-state index contributed by atoms with van der Waals surface area (Å²) in [6, 6.07) is 6.66. The van der Waals surface area contributed by atoms with Crippen molar-refractivity contribution in [2.24, 2.45) is 0 Å². The summed E-state index contributed by atoms with van der Waals surface area (Å²) in [5.41, 5.74) is 0.556. The van der Waals surface area contributed by atoms with Crippen molar-refractivity contribution in [3.8, 4) is 0 Å². The fourth-order valence-electron chi connectivity index (χ4n) is 2.27. The average Bonchev–Trinajstić information content (AvgIpc) is 2.92. The Morgan fingerprint density at radius 1 is 1.35 bits per heavy atom. The molecule has 1 heterocycles. The third-order valence-corrected chi connectivity index (χ3v) is 3.62. The number of hydrogen-bond acceptors (Lipinski definition) is 3. The van der Waals surface area contributed by atoms with Gasteiger partial charge in [-0.15, -0.1) is 0 Å². The maximum absolute atomic E-state index is 11.7. The van der Waals surface area contributed by atoms with E-state index in [1.54, 1.807) is 24.3 Å². The molecule has 1 aromatic rings. The maximum Gasteiger partial charge on any atom is 0.319 e. The lowest BCUT2D eigenvalue weighted by atomic mass is 10.3. The van der Waals surface area contributed by atoms with E-state index in [0.29, 0.717) is 17.3 Å². The van der Waals surface area contributed by atoms with Crippen LogP contribution in [0.1, 0.15) is 12.8 Å². The molecule has 0 radical (unpaired) electrons. The molecule has 2 amide bonds. The summed E-state index contributed by atoms with van der Waals surface area (Å²) in [6.45, 7) is 2.89. The van der Waals surface area contributed by atoms with Crippen molar-refractivity contribution in [1.82, 2.24) is 10.2 Å². The van der Waals surface area contributed by atoms with Crippen LogP contribution in [0.2, 0.25) is 5.02 Å². The number of carbonyl (C=O) groups is 1. The highest BCUT2D eigenvalue weighted by molar-refractivity contribution is 6.33. The van der Waals surface area contributed by atoms with Gasteiger partial charge in [0.1, 0.15) is 0 Å². The fourth-order valence-corrected chi connectivity index (χ4v) is 2.45. The molecule has 1 fully saturated rings. The molecular formula is C14H20ClN3O2. The molecule has 1 aromatic carbocycles. The number of rotatable bonds is 5. The lowest BCUT2D eigenvalue weighted by Crippen LogP contribution is -2.40. The molecule has 0 saturated carbocycles. The van der Waals surface area contributed by atoms with Gasteiger partial charge < -0.3 is 20.6 Å². The quantitative estimate of drug-likeness (QED) is 0.778. The monoisotopic (exact) mass is 297 g/mol. The normalized spacial score (nSPS) is 16.9. The number of hydrogen-bond donors (Lipinski definition) is 3. The second kappa shape index (κ2) is 7.47. The first-order valence-corrected chi connectivity index (χ1v) is 7.23. The third-order valence-electron chi connectivity index (χ3n) is 3.29. The minimum absolute atomic E-state index is 0.229. The molecule has 5 nitrogen and oxygen atoms in total. The number of benzene rings is 1. The number of amides is 2. The third kappa shape index (κ3) is 4.67. The largest absolute Gasteiger partial charge is 0.390 e. The van der Waals surface area contributed by atoms with Crippen molar-refractivity contribution in [2.45, 2.75) is 18.9 Å². The summed E-state index contributed by atoms with van der Waals surface area (Å²) in [5.74, 6) is 0. The minimum atomic E-state index is -0.551. The number of likely N-dealkylation sites (tertiary alicyclic amines) is 1. The number of nitrogens with one attached hydrogen (secondary N) is 2. The maximum atomic E-state index is 11.7. The number of aliphatic hydroxyl groups is 1. The Hall–Kier alpha value is -1.30. The predicted molar refractivity (Wildman–Crippen MR) is 80.2 cm³/mol. The van der Waals surface area contributed by atoms with Gasteiger partial charge >= 0.3 is 6.03 Å². The molecule has 3 N–H and O–H groups in total. The van der Waals surface area contributed by atoms with Gasteiger partial charge in [0.05, 0.1) is 16.8 Å². The SMILES string of the molecule is O=C(NCC(O)CN1CCCC1)Nc1ccccc1Cl. The molecule has 0 bridgehead atoms. The van der Waals surface area contributed by atoms with E-state index in [1.807, 2.05) is 0 Å². The molecule has 1 aliphatic rings. The summed E-state index contributed by atoms with van der Waals surface area (Å²) in [6.07, 6.45) is 1.82. The van der Waals surface area contributed by atoms with Crippen LogP contribution in [0.15, 0.2) is 24.3 Å². The van der Waals surface area contributed by atoms with Crippen molar-refractivity contribution in [3.63, 3.8) is 0 Å². The zero-order valence-corrected chi connectivity index (χ0v) is 12.1. The molecule has 1 unspecified atom stereocenters. The van der Waals surface area contributed by atoms with Gasteiger partial charge in [0.2, 0.25) is 0 Å². The highest BCUT2D eigenvalue weighted by Crippen LogP contribution is 2.19. The molecule has 6 heteroatoms.